The molecule has 15 heavy (non-hydrogen) atoms. The van der Waals surface area contributed by atoms with Crippen LogP contribution in [0.5, 0.6) is 0 Å². The topological polar surface area (TPSA) is 61.4 Å². The van der Waals surface area contributed by atoms with Gasteiger partial charge in [0.05, 0.1) is 6.61 Å². The number of anilines is 1. The van der Waals surface area contributed by atoms with Crippen molar-refractivity contribution in [2.45, 2.75) is 6.04 Å². The molecule has 1 unspecified atom stereocenters. The largest absolute Gasteiger partial charge is 0.395 e. The second-order valence-corrected chi connectivity index (χ2v) is 3.33. The summed E-state index contributed by atoms with van der Waals surface area (Å²) in [6.45, 7) is 0.239. The highest BCUT2D eigenvalue weighted by Crippen LogP contribution is 2.30. The molecule has 1 atom stereocenters. The van der Waals surface area contributed by atoms with Crippen LogP contribution < -0.4 is 10.6 Å². The zero-order chi connectivity index (χ0) is 10.8. The molecule has 1 aliphatic rings. The Morgan fingerprint density at radius 2 is 2.33 bits per heavy atom. The van der Waals surface area contributed by atoms with Crippen molar-refractivity contribution in [3.05, 3.63) is 29.6 Å². The Bertz CT molecular complexity index is 395. The summed E-state index contributed by atoms with van der Waals surface area (Å²) in [5.41, 5.74) is 1.21. The molecule has 1 aliphatic heterocycles. The average Bonchev–Trinajstić information content (AvgIpc) is 2.51. The number of aliphatic hydroxyl groups is 1. The number of rotatable bonds is 3. The highest BCUT2D eigenvalue weighted by Gasteiger charge is 2.29. The normalized spacial score (nSPS) is 18.8. The summed E-state index contributed by atoms with van der Waals surface area (Å²) in [6.07, 6.45) is 0. The lowest BCUT2D eigenvalue weighted by atomic mass is 10.1. The number of halogens is 1. The molecule has 0 radical (unpaired) electrons. The van der Waals surface area contributed by atoms with Gasteiger partial charge in [0.2, 0.25) is 5.91 Å². The Morgan fingerprint density at radius 3 is 3.07 bits per heavy atom. The van der Waals surface area contributed by atoms with Crippen molar-refractivity contribution in [2.75, 3.05) is 18.5 Å². The Kier molecular flexibility index (Phi) is 2.66. The monoisotopic (exact) mass is 210 g/mol. The molecular weight excluding hydrogens is 199 g/mol. The predicted octanol–water partition coefficient (Wildman–Crippen LogP) is 0.401. The first-order chi connectivity index (χ1) is 7.22. The quantitative estimate of drug-likeness (QED) is 0.676. The van der Waals surface area contributed by atoms with Crippen LogP contribution in [-0.2, 0) is 4.79 Å². The van der Waals surface area contributed by atoms with Crippen LogP contribution in [0.25, 0.3) is 0 Å². The van der Waals surface area contributed by atoms with E-state index >= 15 is 0 Å². The summed E-state index contributed by atoms with van der Waals surface area (Å²) in [4.78, 5) is 11.5. The minimum absolute atomic E-state index is 0.0611. The molecule has 0 aromatic heterocycles. The van der Waals surface area contributed by atoms with Gasteiger partial charge in [0.25, 0.3) is 0 Å². The number of carbonyl (C=O) groups is 1. The molecule has 0 spiro atoms. The number of aliphatic hydroxyl groups excluding tert-OH is 1. The zero-order valence-electron chi connectivity index (χ0n) is 7.96. The molecule has 1 aromatic carbocycles. The van der Waals surface area contributed by atoms with Crippen molar-refractivity contribution < 1.29 is 14.3 Å². The van der Waals surface area contributed by atoms with Crippen LogP contribution in [0, 0.1) is 5.82 Å². The number of hydrogen-bond donors (Lipinski definition) is 3. The van der Waals surface area contributed by atoms with Gasteiger partial charge >= 0.3 is 0 Å². The third kappa shape index (κ3) is 1.84. The van der Waals surface area contributed by atoms with E-state index in [0.717, 1.165) is 0 Å². The molecule has 0 saturated carbocycles. The average molecular weight is 210 g/mol. The number of fused-ring (bicyclic) bond motifs is 1. The van der Waals surface area contributed by atoms with E-state index in [1.165, 1.54) is 18.2 Å². The number of benzene rings is 1. The van der Waals surface area contributed by atoms with E-state index in [0.29, 0.717) is 17.8 Å². The Balaban J connectivity index is 2.27. The highest BCUT2D eigenvalue weighted by molar-refractivity contribution is 6.02. The van der Waals surface area contributed by atoms with Crippen LogP contribution in [0.4, 0.5) is 10.1 Å². The fourth-order valence-electron chi connectivity index (χ4n) is 1.64. The Morgan fingerprint density at radius 1 is 1.53 bits per heavy atom. The lowest BCUT2D eigenvalue weighted by Gasteiger charge is -2.09. The SMILES string of the molecule is O=C1Nc2ccc(F)cc2C1NCCO. The van der Waals surface area contributed by atoms with Crippen molar-refractivity contribution in [3.63, 3.8) is 0 Å². The minimum Gasteiger partial charge on any atom is -0.395 e. The standard InChI is InChI=1S/C10H11FN2O2/c11-6-1-2-8-7(5-6)9(10(15)13-8)12-3-4-14/h1-2,5,9,12,14H,3-4H2,(H,13,15). The maximum atomic E-state index is 13.0. The third-order valence-electron chi connectivity index (χ3n) is 2.30. The van der Waals surface area contributed by atoms with Crippen LogP contribution >= 0.6 is 0 Å². The van der Waals surface area contributed by atoms with Crippen molar-refractivity contribution >= 4 is 11.6 Å². The molecule has 2 rings (SSSR count). The summed E-state index contributed by atoms with van der Waals surface area (Å²) < 4.78 is 13.0. The first-order valence-electron chi connectivity index (χ1n) is 4.67. The smallest absolute Gasteiger partial charge is 0.246 e. The van der Waals surface area contributed by atoms with E-state index < -0.39 is 6.04 Å². The molecule has 4 nitrogen and oxygen atoms in total. The first-order valence-corrected chi connectivity index (χ1v) is 4.67. The van der Waals surface area contributed by atoms with Gasteiger partial charge in [-0.3, -0.25) is 10.1 Å². The van der Waals surface area contributed by atoms with Gasteiger partial charge in [-0.05, 0) is 18.2 Å². The molecule has 1 heterocycles. The highest BCUT2D eigenvalue weighted by atomic mass is 19.1. The summed E-state index contributed by atoms with van der Waals surface area (Å²) in [6, 6.07) is 3.58. The molecule has 0 bridgehead atoms. The van der Waals surface area contributed by atoms with Crippen molar-refractivity contribution in [1.29, 1.82) is 0 Å². The van der Waals surface area contributed by atoms with Crippen LogP contribution in [-0.4, -0.2) is 24.2 Å². The van der Waals surface area contributed by atoms with E-state index in [1.54, 1.807) is 0 Å². The van der Waals surface area contributed by atoms with E-state index in [4.69, 9.17) is 5.11 Å². The van der Waals surface area contributed by atoms with Crippen molar-refractivity contribution in [2.24, 2.45) is 0 Å². The van der Waals surface area contributed by atoms with Crippen LogP contribution in [0.3, 0.4) is 0 Å². The fourth-order valence-corrected chi connectivity index (χ4v) is 1.64. The second kappa shape index (κ2) is 3.96. The zero-order valence-corrected chi connectivity index (χ0v) is 7.96. The molecule has 1 amide bonds. The molecular formula is C10H11FN2O2. The number of amides is 1. The number of nitrogens with one attached hydrogen (secondary N) is 2. The lowest BCUT2D eigenvalue weighted by Crippen LogP contribution is -2.29. The molecule has 0 aliphatic carbocycles. The van der Waals surface area contributed by atoms with Gasteiger partial charge in [-0.2, -0.15) is 0 Å². The Hall–Kier alpha value is -1.46. The number of hydrogen-bond acceptors (Lipinski definition) is 3. The third-order valence-corrected chi connectivity index (χ3v) is 2.30. The molecule has 0 fully saturated rings. The van der Waals surface area contributed by atoms with Crippen molar-refractivity contribution in [3.8, 4) is 0 Å². The van der Waals surface area contributed by atoms with Gasteiger partial charge in [0.1, 0.15) is 11.9 Å². The summed E-state index contributed by atoms with van der Waals surface area (Å²) in [5, 5.41) is 14.1. The summed E-state index contributed by atoms with van der Waals surface area (Å²) in [5.74, 6) is -0.593. The first kappa shape index (κ1) is 10.1. The van der Waals surface area contributed by atoms with Crippen LogP contribution in [0.2, 0.25) is 0 Å². The van der Waals surface area contributed by atoms with Gasteiger partial charge in [-0.1, -0.05) is 0 Å². The van der Waals surface area contributed by atoms with E-state index in [1.807, 2.05) is 0 Å². The lowest BCUT2D eigenvalue weighted by molar-refractivity contribution is -0.117. The van der Waals surface area contributed by atoms with E-state index in [-0.39, 0.29) is 18.3 Å². The second-order valence-electron chi connectivity index (χ2n) is 3.33. The van der Waals surface area contributed by atoms with Gasteiger partial charge < -0.3 is 10.4 Å². The van der Waals surface area contributed by atoms with Crippen LogP contribution in [0.1, 0.15) is 11.6 Å². The number of carbonyl (C=O) groups excluding carboxylic acids is 1. The van der Waals surface area contributed by atoms with E-state index in [2.05, 4.69) is 10.6 Å². The Labute approximate surface area is 86.1 Å². The molecule has 80 valence electrons. The van der Waals surface area contributed by atoms with Gasteiger partial charge in [0.15, 0.2) is 0 Å². The van der Waals surface area contributed by atoms with Gasteiger partial charge in [-0.25, -0.2) is 4.39 Å². The van der Waals surface area contributed by atoms with Gasteiger partial charge in [-0.15, -0.1) is 0 Å². The van der Waals surface area contributed by atoms with Gasteiger partial charge in [0, 0.05) is 17.8 Å². The summed E-state index contributed by atoms with van der Waals surface area (Å²) in [7, 11) is 0. The molecule has 1 aromatic rings. The predicted molar refractivity (Wildman–Crippen MR) is 52.9 cm³/mol. The fraction of sp³-hybridized carbons (Fsp3) is 0.300. The summed E-state index contributed by atoms with van der Waals surface area (Å²) >= 11 is 0. The van der Waals surface area contributed by atoms with E-state index in [9.17, 15) is 9.18 Å². The molecule has 3 N–H and O–H groups in total. The van der Waals surface area contributed by atoms with Crippen molar-refractivity contribution in [1.82, 2.24) is 5.32 Å². The molecule has 5 heteroatoms. The maximum Gasteiger partial charge on any atom is 0.246 e. The van der Waals surface area contributed by atoms with Crippen LogP contribution in [0.15, 0.2) is 18.2 Å². The maximum absolute atomic E-state index is 13.0. The molecule has 0 saturated heterocycles. The minimum atomic E-state index is -0.567.